The molecule has 178 valence electrons. The van der Waals surface area contributed by atoms with Gasteiger partial charge in [0.2, 0.25) is 0 Å². The van der Waals surface area contributed by atoms with E-state index in [1.54, 1.807) is 30.3 Å². The second kappa shape index (κ2) is 11.7. The Bertz CT molecular complexity index is 1110. The monoisotopic (exact) mass is 462 g/mol. The lowest BCUT2D eigenvalue weighted by molar-refractivity contribution is 0.102. The summed E-state index contributed by atoms with van der Waals surface area (Å²) < 4.78 is 10.6. The van der Waals surface area contributed by atoms with Crippen LogP contribution >= 0.6 is 0 Å². The number of nitrogens with two attached hydrogens (primary N) is 1. The lowest BCUT2D eigenvalue weighted by Crippen LogP contribution is -2.22. The van der Waals surface area contributed by atoms with Crippen molar-refractivity contribution in [3.8, 4) is 16.9 Å². The van der Waals surface area contributed by atoms with Gasteiger partial charge in [0.1, 0.15) is 12.4 Å². The van der Waals surface area contributed by atoms with Gasteiger partial charge in [0.05, 0.1) is 18.0 Å². The second-order valence-corrected chi connectivity index (χ2v) is 7.86. The molecular weight excluding hydrogens is 432 g/mol. The van der Waals surface area contributed by atoms with Crippen molar-refractivity contribution >= 4 is 29.1 Å². The van der Waals surface area contributed by atoms with Crippen molar-refractivity contribution in [2.24, 2.45) is 0 Å². The van der Waals surface area contributed by atoms with Crippen molar-refractivity contribution in [1.29, 1.82) is 0 Å². The van der Waals surface area contributed by atoms with Crippen LogP contribution in [0.15, 0.2) is 66.7 Å². The van der Waals surface area contributed by atoms with Crippen molar-refractivity contribution < 1.29 is 19.1 Å². The van der Waals surface area contributed by atoms with E-state index in [4.69, 9.17) is 15.2 Å². The molecule has 0 aliphatic rings. The Balaban J connectivity index is 1.63. The summed E-state index contributed by atoms with van der Waals surface area (Å²) >= 11 is 0. The number of nitrogens with zero attached hydrogens (tertiary/aromatic N) is 1. The molecule has 4 N–H and O–H groups in total. The summed E-state index contributed by atoms with van der Waals surface area (Å²) in [6.07, 6.45) is -0.544. The number of hydrogen-bond donors (Lipinski definition) is 3. The van der Waals surface area contributed by atoms with Gasteiger partial charge in [-0.25, -0.2) is 4.79 Å². The van der Waals surface area contributed by atoms with Crippen molar-refractivity contribution in [2.75, 3.05) is 50.2 Å². The van der Waals surface area contributed by atoms with E-state index in [2.05, 4.69) is 10.6 Å². The van der Waals surface area contributed by atoms with E-state index in [9.17, 15) is 9.59 Å². The molecule has 0 atom stereocenters. The van der Waals surface area contributed by atoms with E-state index in [-0.39, 0.29) is 12.5 Å². The molecule has 2 amide bonds. The van der Waals surface area contributed by atoms with Crippen LogP contribution in [-0.4, -0.2) is 50.8 Å². The lowest BCUT2D eigenvalue weighted by atomic mass is 10.0. The molecule has 0 aromatic heterocycles. The first-order valence-corrected chi connectivity index (χ1v) is 11.0. The predicted octanol–water partition coefficient (Wildman–Crippen LogP) is 4.70. The minimum atomic E-state index is -0.544. The van der Waals surface area contributed by atoms with Gasteiger partial charge in [-0.05, 0) is 80.7 Å². The van der Waals surface area contributed by atoms with Crippen LogP contribution in [0.5, 0.6) is 5.75 Å². The number of carbonyl (C=O) groups excluding carboxylic acids is 2. The van der Waals surface area contributed by atoms with E-state index in [1.807, 2.05) is 62.3 Å². The molecule has 0 saturated heterocycles. The van der Waals surface area contributed by atoms with E-state index in [1.165, 1.54) is 0 Å². The Kier molecular flexibility index (Phi) is 8.48. The number of nitrogen functional groups attached to an aromatic ring is 1. The Morgan fingerprint density at radius 1 is 0.912 bits per heavy atom. The molecule has 0 aliphatic carbocycles. The molecule has 0 bridgehead atoms. The first-order valence-electron chi connectivity index (χ1n) is 11.0. The first kappa shape index (κ1) is 24.6. The highest BCUT2D eigenvalue weighted by Gasteiger charge is 2.11. The zero-order valence-electron chi connectivity index (χ0n) is 19.6. The maximum atomic E-state index is 12.8. The van der Waals surface area contributed by atoms with Crippen LogP contribution in [-0.2, 0) is 4.74 Å². The number of nitrogens with one attached hydrogen (secondary N) is 2. The third kappa shape index (κ3) is 6.98. The van der Waals surface area contributed by atoms with Crippen LogP contribution in [0.3, 0.4) is 0 Å². The van der Waals surface area contributed by atoms with Crippen LogP contribution in [0.2, 0.25) is 0 Å². The van der Waals surface area contributed by atoms with Crippen LogP contribution in [0.25, 0.3) is 11.1 Å². The molecular formula is C26H30N4O4. The predicted molar refractivity (Wildman–Crippen MR) is 135 cm³/mol. The molecule has 0 aliphatic heterocycles. The molecule has 0 fully saturated rings. The molecule has 0 radical (unpaired) electrons. The molecule has 0 heterocycles. The number of benzene rings is 3. The second-order valence-electron chi connectivity index (χ2n) is 7.86. The minimum Gasteiger partial charge on any atom is -0.494 e. The Labute approximate surface area is 199 Å². The third-order valence-corrected chi connectivity index (χ3v) is 4.97. The fourth-order valence-corrected chi connectivity index (χ4v) is 3.13. The summed E-state index contributed by atoms with van der Waals surface area (Å²) in [6, 6.07) is 19.7. The van der Waals surface area contributed by atoms with Crippen molar-refractivity contribution in [1.82, 2.24) is 4.90 Å². The maximum absolute atomic E-state index is 12.8. The third-order valence-electron chi connectivity index (χ3n) is 4.97. The topological polar surface area (TPSA) is 106 Å². The smallest absolute Gasteiger partial charge is 0.411 e. The van der Waals surface area contributed by atoms with E-state index >= 15 is 0 Å². The molecule has 0 unspecified atom stereocenters. The quantitative estimate of drug-likeness (QED) is 0.398. The highest BCUT2D eigenvalue weighted by Crippen LogP contribution is 2.29. The highest BCUT2D eigenvalue weighted by molar-refractivity contribution is 6.06. The highest BCUT2D eigenvalue weighted by atomic mass is 16.5. The van der Waals surface area contributed by atoms with E-state index < -0.39 is 6.09 Å². The minimum absolute atomic E-state index is 0.288. The zero-order chi connectivity index (χ0) is 24.5. The molecule has 0 saturated carbocycles. The summed E-state index contributed by atoms with van der Waals surface area (Å²) in [5, 5.41) is 5.50. The number of likely N-dealkylation sites (N-methyl/N-ethyl adjacent to an activating group) is 1. The summed E-state index contributed by atoms with van der Waals surface area (Å²) in [5.74, 6) is 0.491. The van der Waals surface area contributed by atoms with Gasteiger partial charge in [0.15, 0.2) is 0 Å². The van der Waals surface area contributed by atoms with Crippen LogP contribution in [0.1, 0.15) is 17.3 Å². The number of amides is 2. The molecule has 8 nitrogen and oxygen atoms in total. The lowest BCUT2D eigenvalue weighted by Gasteiger charge is -2.12. The van der Waals surface area contributed by atoms with Crippen molar-refractivity contribution in [3.63, 3.8) is 0 Å². The van der Waals surface area contributed by atoms with Crippen LogP contribution < -0.4 is 21.1 Å². The van der Waals surface area contributed by atoms with Crippen LogP contribution in [0, 0.1) is 0 Å². The van der Waals surface area contributed by atoms with Gasteiger partial charge in [-0.2, -0.15) is 0 Å². The van der Waals surface area contributed by atoms with E-state index in [0.717, 1.165) is 16.9 Å². The van der Waals surface area contributed by atoms with Gasteiger partial charge in [-0.1, -0.05) is 18.2 Å². The fourth-order valence-electron chi connectivity index (χ4n) is 3.13. The van der Waals surface area contributed by atoms with Crippen molar-refractivity contribution in [3.05, 3.63) is 72.3 Å². The van der Waals surface area contributed by atoms with Gasteiger partial charge < -0.3 is 25.4 Å². The Morgan fingerprint density at radius 2 is 1.59 bits per heavy atom. The normalized spacial score (nSPS) is 10.6. The SMILES string of the molecule is CCOc1ccc(-c2ccc(N)c(NC(=O)c3ccc(NC(=O)OCCN(C)C)cc3)c2)cc1. The zero-order valence-corrected chi connectivity index (χ0v) is 19.6. The number of rotatable bonds is 9. The number of hydrogen-bond acceptors (Lipinski definition) is 6. The number of anilines is 3. The number of ether oxygens (including phenoxy) is 2. The summed E-state index contributed by atoms with van der Waals surface area (Å²) in [5.41, 5.74) is 9.93. The molecule has 3 rings (SSSR count). The molecule has 3 aromatic carbocycles. The average molecular weight is 463 g/mol. The fraction of sp³-hybridized carbons (Fsp3) is 0.231. The van der Waals surface area contributed by atoms with Gasteiger partial charge >= 0.3 is 6.09 Å². The Morgan fingerprint density at radius 3 is 2.24 bits per heavy atom. The Hall–Kier alpha value is -4.04. The molecule has 8 heteroatoms. The average Bonchev–Trinajstić information content (AvgIpc) is 2.81. The van der Waals surface area contributed by atoms with Gasteiger partial charge in [0, 0.05) is 17.8 Å². The standard InChI is InChI=1S/C26H30N4O4/c1-4-33-22-12-7-18(8-13-22)20-9-14-23(27)24(17-20)29-25(31)19-5-10-21(11-6-19)28-26(32)34-16-15-30(2)3/h5-14,17H,4,15-16,27H2,1-3H3,(H,28,32)(H,29,31). The largest absolute Gasteiger partial charge is 0.494 e. The first-order chi connectivity index (χ1) is 16.4. The molecule has 0 spiro atoms. The number of carbonyl (C=O) groups is 2. The van der Waals surface area contributed by atoms with Gasteiger partial charge in [-0.3, -0.25) is 10.1 Å². The maximum Gasteiger partial charge on any atom is 0.411 e. The summed E-state index contributed by atoms with van der Waals surface area (Å²) in [4.78, 5) is 26.5. The van der Waals surface area contributed by atoms with E-state index in [0.29, 0.717) is 35.8 Å². The summed E-state index contributed by atoms with van der Waals surface area (Å²) in [6.45, 7) is 3.47. The summed E-state index contributed by atoms with van der Waals surface area (Å²) in [7, 11) is 3.80. The molecule has 34 heavy (non-hydrogen) atoms. The molecule has 3 aromatic rings. The van der Waals surface area contributed by atoms with Crippen LogP contribution in [0.4, 0.5) is 21.9 Å². The van der Waals surface area contributed by atoms with Gasteiger partial charge in [-0.15, -0.1) is 0 Å². The van der Waals surface area contributed by atoms with Gasteiger partial charge in [0.25, 0.3) is 5.91 Å². The van der Waals surface area contributed by atoms with Crippen molar-refractivity contribution in [2.45, 2.75) is 6.92 Å².